The maximum Gasteiger partial charge on any atom is 0.122 e. The summed E-state index contributed by atoms with van der Waals surface area (Å²) in [5, 5.41) is 0. The molecule has 2 aromatic heterocycles. The summed E-state index contributed by atoms with van der Waals surface area (Å²) in [6.07, 6.45) is 3.74. The summed E-state index contributed by atoms with van der Waals surface area (Å²) in [6.45, 7) is 9.16. The minimum absolute atomic E-state index is 0.268. The van der Waals surface area contributed by atoms with Crippen LogP contribution in [-0.4, -0.2) is 35.4 Å². The van der Waals surface area contributed by atoms with Crippen LogP contribution in [0.15, 0.2) is 24.4 Å². The summed E-state index contributed by atoms with van der Waals surface area (Å²) in [4.78, 5) is 9.69. The average molecular weight is 367 g/mol. The highest BCUT2D eigenvalue weighted by molar-refractivity contribution is 5.91. The van der Waals surface area contributed by atoms with Crippen molar-refractivity contribution >= 4 is 11.0 Å². The second-order valence-electron chi connectivity index (χ2n) is 6.93. The maximum absolute atomic E-state index is 5.46. The molecule has 0 N–H and O–H groups in total. The van der Waals surface area contributed by atoms with Crippen LogP contribution in [0.2, 0.25) is 0 Å². The lowest BCUT2D eigenvalue weighted by Gasteiger charge is -2.19. The second kappa shape index (κ2) is 8.09. The number of rotatable bonds is 7. The normalized spacial score (nSPS) is 12.5. The van der Waals surface area contributed by atoms with Gasteiger partial charge >= 0.3 is 0 Å². The predicted molar refractivity (Wildman–Crippen MR) is 110 cm³/mol. The van der Waals surface area contributed by atoms with Gasteiger partial charge in [0, 0.05) is 25.3 Å². The molecule has 0 aliphatic heterocycles. The summed E-state index contributed by atoms with van der Waals surface area (Å²) in [7, 11) is 3.46. The van der Waals surface area contributed by atoms with Crippen LogP contribution in [-0.2, 0) is 11.2 Å². The zero-order valence-electron chi connectivity index (χ0n) is 17.2. The van der Waals surface area contributed by atoms with E-state index in [1.165, 1.54) is 0 Å². The number of aromatic nitrogens is 3. The fourth-order valence-corrected chi connectivity index (χ4v) is 3.76. The third kappa shape index (κ3) is 3.44. The van der Waals surface area contributed by atoms with E-state index in [-0.39, 0.29) is 6.04 Å². The summed E-state index contributed by atoms with van der Waals surface area (Å²) < 4.78 is 13.3. The van der Waals surface area contributed by atoms with E-state index in [4.69, 9.17) is 19.4 Å². The van der Waals surface area contributed by atoms with E-state index >= 15 is 0 Å². The van der Waals surface area contributed by atoms with E-state index in [1.54, 1.807) is 14.2 Å². The zero-order chi connectivity index (χ0) is 19.6. The van der Waals surface area contributed by atoms with Gasteiger partial charge in [0.1, 0.15) is 17.1 Å². The molecular formula is C22H29N3O2. The van der Waals surface area contributed by atoms with Crippen LogP contribution >= 0.6 is 0 Å². The number of nitrogens with zero attached hydrogens (tertiary/aromatic N) is 3. The summed E-state index contributed by atoms with van der Waals surface area (Å²) in [6, 6.07) is 6.55. The molecule has 1 unspecified atom stereocenters. The van der Waals surface area contributed by atoms with Crippen molar-refractivity contribution < 1.29 is 9.47 Å². The molecule has 5 heteroatoms. The molecule has 0 aliphatic carbocycles. The Morgan fingerprint density at radius 3 is 2.52 bits per heavy atom. The molecule has 3 aromatic rings. The van der Waals surface area contributed by atoms with E-state index in [0.29, 0.717) is 6.61 Å². The van der Waals surface area contributed by atoms with E-state index in [1.807, 2.05) is 6.20 Å². The minimum Gasteiger partial charge on any atom is -0.496 e. The highest BCUT2D eigenvalue weighted by Gasteiger charge is 2.21. The molecule has 0 fully saturated rings. The molecule has 3 rings (SSSR count). The number of ether oxygens (including phenoxy) is 2. The molecule has 27 heavy (non-hydrogen) atoms. The van der Waals surface area contributed by atoms with Crippen molar-refractivity contribution in [3.63, 3.8) is 0 Å². The molecule has 0 radical (unpaired) electrons. The average Bonchev–Trinajstić information content (AvgIpc) is 3.06. The Bertz CT molecular complexity index is 946. The number of aryl methyl sites for hydroxylation is 3. The van der Waals surface area contributed by atoms with E-state index in [2.05, 4.69) is 50.5 Å². The van der Waals surface area contributed by atoms with Crippen molar-refractivity contribution in [2.24, 2.45) is 0 Å². The molecule has 144 valence electrons. The Hall–Kier alpha value is -2.40. The largest absolute Gasteiger partial charge is 0.496 e. The van der Waals surface area contributed by atoms with Gasteiger partial charge in [0.2, 0.25) is 0 Å². The second-order valence-corrected chi connectivity index (χ2v) is 6.93. The lowest BCUT2D eigenvalue weighted by molar-refractivity contribution is 0.153. The van der Waals surface area contributed by atoms with Crippen LogP contribution in [0, 0.1) is 13.8 Å². The Kier molecular flexibility index (Phi) is 5.80. The van der Waals surface area contributed by atoms with Crippen LogP contribution < -0.4 is 4.74 Å². The first-order valence-electron chi connectivity index (χ1n) is 9.55. The third-order valence-electron chi connectivity index (χ3n) is 5.19. The lowest BCUT2D eigenvalue weighted by Crippen LogP contribution is -2.16. The van der Waals surface area contributed by atoms with Gasteiger partial charge in [-0.05, 0) is 49.6 Å². The summed E-state index contributed by atoms with van der Waals surface area (Å²) in [5.74, 6) is 1.97. The fourth-order valence-electron chi connectivity index (χ4n) is 3.76. The number of fused-ring (bicyclic) bond motifs is 1. The molecule has 2 heterocycles. The molecule has 0 aliphatic rings. The van der Waals surface area contributed by atoms with Crippen LogP contribution in [0.5, 0.6) is 5.75 Å². The third-order valence-corrected chi connectivity index (χ3v) is 5.19. The van der Waals surface area contributed by atoms with Crippen LogP contribution in [0.3, 0.4) is 0 Å². The van der Waals surface area contributed by atoms with Crippen molar-refractivity contribution in [2.75, 3.05) is 20.8 Å². The molecule has 1 atom stereocenters. The molecule has 0 amide bonds. The van der Waals surface area contributed by atoms with E-state index in [0.717, 1.165) is 57.8 Å². The fraction of sp³-hybridized carbons (Fsp3) is 0.455. The van der Waals surface area contributed by atoms with Crippen molar-refractivity contribution in [1.82, 2.24) is 14.5 Å². The number of imidazole rings is 1. The van der Waals surface area contributed by atoms with Crippen molar-refractivity contribution in [3.8, 4) is 17.0 Å². The van der Waals surface area contributed by atoms with Crippen molar-refractivity contribution in [1.29, 1.82) is 0 Å². The highest BCUT2D eigenvalue weighted by Crippen LogP contribution is 2.34. The van der Waals surface area contributed by atoms with Crippen molar-refractivity contribution in [3.05, 3.63) is 41.3 Å². The van der Waals surface area contributed by atoms with Gasteiger partial charge in [-0.1, -0.05) is 13.8 Å². The van der Waals surface area contributed by atoms with Gasteiger partial charge in [-0.3, -0.25) is 4.98 Å². The summed E-state index contributed by atoms with van der Waals surface area (Å²) in [5.41, 5.74) is 6.33. The molecular weight excluding hydrogens is 338 g/mol. The van der Waals surface area contributed by atoms with Gasteiger partial charge in [-0.2, -0.15) is 0 Å². The first-order valence-corrected chi connectivity index (χ1v) is 9.55. The Labute approximate surface area is 161 Å². The first kappa shape index (κ1) is 19.4. The van der Waals surface area contributed by atoms with E-state index in [9.17, 15) is 0 Å². The van der Waals surface area contributed by atoms with Gasteiger partial charge in [-0.25, -0.2) is 4.98 Å². The summed E-state index contributed by atoms with van der Waals surface area (Å²) >= 11 is 0. The number of pyridine rings is 1. The topological polar surface area (TPSA) is 49.2 Å². The first-order chi connectivity index (χ1) is 13.0. The standard InChI is InChI=1S/C22H29N3O2/c1-7-16(13-26-5)25-18-9-10-23-21(22(18)24-20(25)8-2)17-11-15(4)19(27-6)12-14(17)3/h9-12,16H,7-8,13H2,1-6H3. The van der Waals surface area contributed by atoms with Crippen LogP contribution in [0.1, 0.15) is 43.3 Å². The predicted octanol–water partition coefficient (Wildman–Crippen LogP) is 4.88. The molecule has 1 aromatic carbocycles. The zero-order valence-corrected chi connectivity index (χ0v) is 17.2. The van der Waals surface area contributed by atoms with Gasteiger partial charge in [-0.15, -0.1) is 0 Å². The quantitative estimate of drug-likeness (QED) is 0.597. The number of hydrogen-bond donors (Lipinski definition) is 0. The van der Waals surface area contributed by atoms with Crippen LogP contribution in [0.25, 0.3) is 22.3 Å². The van der Waals surface area contributed by atoms with Gasteiger partial charge in [0.25, 0.3) is 0 Å². The smallest absolute Gasteiger partial charge is 0.122 e. The van der Waals surface area contributed by atoms with E-state index < -0.39 is 0 Å². The molecule has 0 saturated heterocycles. The molecule has 0 bridgehead atoms. The van der Waals surface area contributed by atoms with Gasteiger partial charge in [0.15, 0.2) is 0 Å². The van der Waals surface area contributed by atoms with Gasteiger partial charge < -0.3 is 14.0 Å². The highest BCUT2D eigenvalue weighted by atomic mass is 16.5. The Morgan fingerprint density at radius 2 is 1.89 bits per heavy atom. The minimum atomic E-state index is 0.268. The Morgan fingerprint density at radius 1 is 1.11 bits per heavy atom. The number of methoxy groups -OCH3 is 2. The number of benzene rings is 1. The Balaban J connectivity index is 2.25. The molecule has 0 saturated carbocycles. The van der Waals surface area contributed by atoms with Crippen LogP contribution in [0.4, 0.5) is 0 Å². The molecule has 0 spiro atoms. The lowest BCUT2D eigenvalue weighted by atomic mass is 10.0. The maximum atomic E-state index is 5.46. The number of hydrogen-bond acceptors (Lipinski definition) is 4. The van der Waals surface area contributed by atoms with Crippen molar-refractivity contribution in [2.45, 2.75) is 46.6 Å². The molecule has 5 nitrogen and oxygen atoms in total. The monoisotopic (exact) mass is 367 g/mol. The SMILES string of the molecule is CCc1nc2c(-c3cc(C)c(OC)cc3C)nccc2n1C(CC)COC. The van der Waals surface area contributed by atoms with Gasteiger partial charge in [0.05, 0.1) is 31.0 Å².